The summed E-state index contributed by atoms with van der Waals surface area (Å²) in [6.07, 6.45) is 1.08. The van der Waals surface area contributed by atoms with Crippen molar-refractivity contribution in [2.45, 2.75) is 17.7 Å². The van der Waals surface area contributed by atoms with E-state index in [9.17, 15) is 13.2 Å². The molecule has 122 valence electrons. The van der Waals surface area contributed by atoms with E-state index in [1.165, 1.54) is 12.1 Å². The fourth-order valence-corrected chi connectivity index (χ4v) is 4.05. The Hall–Kier alpha value is -0.960. The van der Waals surface area contributed by atoms with Gasteiger partial charge in [0.25, 0.3) is 0 Å². The monoisotopic (exact) mass is 389 g/mol. The molecule has 2 rings (SSSR count). The predicted molar refractivity (Wildman–Crippen MR) is 87.7 cm³/mol. The van der Waals surface area contributed by atoms with Crippen molar-refractivity contribution in [1.82, 2.24) is 9.62 Å². The third-order valence-corrected chi connectivity index (χ3v) is 5.66. The molecule has 3 N–H and O–H groups in total. The number of nitrogens with zero attached hydrogens (tertiary/aromatic N) is 1. The molecule has 0 bridgehead atoms. The number of carbonyl (C=O) groups excluding carboxylic acids is 1. The van der Waals surface area contributed by atoms with Crippen molar-refractivity contribution >= 4 is 31.9 Å². The molecule has 22 heavy (non-hydrogen) atoms. The van der Waals surface area contributed by atoms with Crippen LogP contribution in [-0.4, -0.2) is 45.4 Å². The van der Waals surface area contributed by atoms with Gasteiger partial charge in [-0.05, 0) is 37.1 Å². The normalized spacial score (nSPS) is 18.6. The van der Waals surface area contributed by atoms with Gasteiger partial charge in [0.2, 0.25) is 15.9 Å². The number of hydrogen-bond acceptors (Lipinski definition) is 4. The molecule has 0 aliphatic carbocycles. The van der Waals surface area contributed by atoms with E-state index in [0.29, 0.717) is 30.0 Å². The summed E-state index contributed by atoms with van der Waals surface area (Å²) >= 11 is 3.24. The molecule has 1 amide bonds. The summed E-state index contributed by atoms with van der Waals surface area (Å²) in [5.41, 5.74) is 5.60. The van der Waals surface area contributed by atoms with E-state index in [0.717, 1.165) is 6.42 Å². The number of nitrogens with one attached hydrogen (secondary N) is 1. The summed E-state index contributed by atoms with van der Waals surface area (Å²) < 4.78 is 27.4. The van der Waals surface area contributed by atoms with Gasteiger partial charge in [-0.1, -0.05) is 22.0 Å². The molecular formula is C14H20BrN3O3S. The Kier molecular flexibility index (Phi) is 5.96. The Bertz CT molecular complexity index is 636. The van der Waals surface area contributed by atoms with Crippen molar-refractivity contribution < 1.29 is 13.2 Å². The van der Waals surface area contributed by atoms with Crippen LogP contribution in [0.4, 0.5) is 0 Å². The predicted octanol–water partition coefficient (Wildman–Crippen LogP) is 0.925. The van der Waals surface area contributed by atoms with Gasteiger partial charge < -0.3 is 10.6 Å². The maximum absolute atomic E-state index is 12.1. The average molecular weight is 390 g/mol. The van der Waals surface area contributed by atoms with Crippen LogP contribution in [-0.2, 0) is 14.8 Å². The Morgan fingerprint density at radius 3 is 2.86 bits per heavy atom. The fourth-order valence-electron chi connectivity index (χ4n) is 2.42. The molecule has 1 aromatic carbocycles. The first-order chi connectivity index (χ1) is 10.4. The van der Waals surface area contributed by atoms with Gasteiger partial charge in [-0.15, -0.1) is 0 Å². The lowest BCUT2D eigenvalue weighted by molar-refractivity contribution is -0.130. The van der Waals surface area contributed by atoms with Crippen LogP contribution in [0, 0.1) is 5.92 Å². The van der Waals surface area contributed by atoms with Gasteiger partial charge in [0.1, 0.15) is 0 Å². The van der Waals surface area contributed by atoms with Gasteiger partial charge in [-0.2, -0.15) is 0 Å². The smallest absolute Gasteiger partial charge is 0.240 e. The maximum Gasteiger partial charge on any atom is 0.240 e. The highest BCUT2D eigenvalue weighted by Crippen LogP contribution is 2.17. The molecule has 1 atom stereocenters. The van der Waals surface area contributed by atoms with Crippen molar-refractivity contribution in [3.63, 3.8) is 0 Å². The zero-order valence-electron chi connectivity index (χ0n) is 12.2. The zero-order chi connectivity index (χ0) is 16.2. The quantitative estimate of drug-likeness (QED) is 0.756. The number of halogens is 1. The lowest BCUT2D eigenvalue weighted by Crippen LogP contribution is -2.33. The third kappa shape index (κ3) is 4.52. The first-order valence-corrected chi connectivity index (χ1v) is 9.43. The first kappa shape index (κ1) is 17.4. The number of hydrogen-bond donors (Lipinski definition) is 2. The van der Waals surface area contributed by atoms with Gasteiger partial charge in [0.05, 0.1) is 4.90 Å². The van der Waals surface area contributed by atoms with Crippen molar-refractivity contribution in [3.05, 3.63) is 28.7 Å². The van der Waals surface area contributed by atoms with Crippen LogP contribution in [0.1, 0.15) is 12.8 Å². The van der Waals surface area contributed by atoms with E-state index in [2.05, 4.69) is 20.7 Å². The highest BCUT2D eigenvalue weighted by molar-refractivity contribution is 9.10. The van der Waals surface area contributed by atoms with E-state index < -0.39 is 10.0 Å². The number of sulfonamides is 1. The SMILES string of the molecule is NCC1CCN(C(=O)CCNS(=O)(=O)c2cccc(Br)c2)C1. The lowest BCUT2D eigenvalue weighted by Gasteiger charge is -2.16. The van der Waals surface area contributed by atoms with E-state index >= 15 is 0 Å². The summed E-state index contributed by atoms with van der Waals surface area (Å²) in [6.45, 7) is 2.06. The molecule has 1 fully saturated rings. The van der Waals surface area contributed by atoms with Crippen molar-refractivity contribution in [1.29, 1.82) is 0 Å². The Balaban J connectivity index is 1.84. The topological polar surface area (TPSA) is 92.5 Å². The molecular weight excluding hydrogens is 370 g/mol. The van der Waals surface area contributed by atoms with Crippen LogP contribution in [0.25, 0.3) is 0 Å². The van der Waals surface area contributed by atoms with Crippen LogP contribution >= 0.6 is 15.9 Å². The highest BCUT2D eigenvalue weighted by Gasteiger charge is 2.25. The number of rotatable bonds is 6. The molecule has 1 heterocycles. The molecule has 0 radical (unpaired) electrons. The fraction of sp³-hybridized carbons (Fsp3) is 0.500. The second-order valence-corrected chi connectivity index (χ2v) is 8.02. The maximum atomic E-state index is 12.1. The molecule has 1 unspecified atom stereocenters. The standard InChI is InChI=1S/C14H20BrN3O3S/c15-12-2-1-3-13(8-12)22(20,21)17-6-4-14(19)18-7-5-11(9-16)10-18/h1-3,8,11,17H,4-7,9-10,16H2. The minimum atomic E-state index is -3.59. The van der Waals surface area contributed by atoms with Crippen molar-refractivity contribution in [2.75, 3.05) is 26.2 Å². The van der Waals surface area contributed by atoms with Crippen LogP contribution < -0.4 is 10.5 Å². The molecule has 6 nitrogen and oxygen atoms in total. The molecule has 8 heteroatoms. The molecule has 1 aliphatic rings. The molecule has 0 saturated carbocycles. The van der Waals surface area contributed by atoms with Gasteiger partial charge in [0.15, 0.2) is 0 Å². The lowest BCUT2D eigenvalue weighted by atomic mass is 10.1. The van der Waals surface area contributed by atoms with Crippen LogP contribution in [0.15, 0.2) is 33.6 Å². The zero-order valence-corrected chi connectivity index (χ0v) is 14.6. The molecule has 1 aliphatic heterocycles. The molecule has 1 aromatic rings. The summed E-state index contributed by atoms with van der Waals surface area (Å²) in [7, 11) is -3.59. The van der Waals surface area contributed by atoms with Crippen LogP contribution in [0.5, 0.6) is 0 Å². The highest BCUT2D eigenvalue weighted by atomic mass is 79.9. The Morgan fingerprint density at radius 2 is 2.23 bits per heavy atom. The van der Waals surface area contributed by atoms with Crippen molar-refractivity contribution in [3.8, 4) is 0 Å². The van der Waals surface area contributed by atoms with Gasteiger partial charge in [-0.3, -0.25) is 4.79 Å². The average Bonchev–Trinajstić information content (AvgIpc) is 2.96. The second kappa shape index (κ2) is 7.54. The number of benzene rings is 1. The van der Waals surface area contributed by atoms with E-state index in [1.807, 2.05) is 0 Å². The minimum Gasteiger partial charge on any atom is -0.342 e. The van der Waals surface area contributed by atoms with Crippen LogP contribution in [0.3, 0.4) is 0 Å². The summed E-state index contributed by atoms with van der Waals surface area (Å²) in [5.74, 6) is 0.329. The number of likely N-dealkylation sites (tertiary alicyclic amines) is 1. The number of amides is 1. The minimum absolute atomic E-state index is 0.0344. The van der Waals surface area contributed by atoms with E-state index in [1.54, 1.807) is 17.0 Å². The summed E-state index contributed by atoms with van der Waals surface area (Å²) in [5, 5.41) is 0. The van der Waals surface area contributed by atoms with E-state index in [-0.39, 0.29) is 23.8 Å². The molecule has 1 saturated heterocycles. The van der Waals surface area contributed by atoms with E-state index in [4.69, 9.17) is 5.73 Å². The molecule has 0 aromatic heterocycles. The largest absolute Gasteiger partial charge is 0.342 e. The number of carbonyl (C=O) groups is 1. The van der Waals surface area contributed by atoms with Gasteiger partial charge >= 0.3 is 0 Å². The Labute approximate surface area is 139 Å². The van der Waals surface area contributed by atoms with Crippen molar-refractivity contribution in [2.24, 2.45) is 11.7 Å². The van der Waals surface area contributed by atoms with Gasteiger partial charge in [-0.25, -0.2) is 13.1 Å². The third-order valence-electron chi connectivity index (χ3n) is 3.71. The number of nitrogens with two attached hydrogens (primary N) is 1. The first-order valence-electron chi connectivity index (χ1n) is 7.15. The van der Waals surface area contributed by atoms with Gasteiger partial charge in [0, 0.05) is 30.5 Å². The summed E-state index contributed by atoms with van der Waals surface area (Å²) in [4.78, 5) is 14.0. The second-order valence-electron chi connectivity index (χ2n) is 5.34. The Morgan fingerprint density at radius 1 is 1.45 bits per heavy atom. The molecule has 0 spiro atoms. The summed E-state index contributed by atoms with van der Waals surface area (Å²) in [6, 6.07) is 6.45. The van der Waals surface area contributed by atoms with Crippen LogP contribution in [0.2, 0.25) is 0 Å².